The molecule has 0 radical (unpaired) electrons. The van der Waals surface area contributed by atoms with Crippen LogP contribution in [-0.4, -0.2) is 25.0 Å². The average molecular weight is 170 g/mol. The maximum atomic E-state index is 10.9. The molecule has 1 aliphatic rings. The molecule has 1 heterocycles. The Balaban J connectivity index is 1.97. The van der Waals surface area contributed by atoms with Crippen LogP contribution in [0.5, 0.6) is 0 Å². The third-order valence-electron chi connectivity index (χ3n) is 2.30. The van der Waals surface area contributed by atoms with Gasteiger partial charge in [0, 0.05) is 19.0 Å². The van der Waals surface area contributed by atoms with Crippen molar-refractivity contribution in [2.45, 2.75) is 38.6 Å². The van der Waals surface area contributed by atoms with Gasteiger partial charge in [-0.2, -0.15) is 0 Å². The topological polar surface area (TPSA) is 41.1 Å². The summed E-state index contributed by atoms with van der Waals surface area (Å²) in [5.74, 6) is 0.160. The fraction of sp³-hybridized carbons (Fsp3) is 0.889. The number of hydrogen-bond donors (Lipinski definition) is 2. The molecule has 3 nitrogen and oxygen atoms in total. The lowest BCUT2D eigenvalue weighted by Crippen LogP contribution is -2.30. The number of carbonyl (C=O) groups is 1. The van der Waals surface area contributed by atoms with Crippen molar-refractivity contribution in [1.82, 2.24) is 10.6 Å². The van der Waals surface area contributed by atoms with Gasteiger partial charge in [0.15, 0.2) is 0 Å². The molecule has 1 amide bonds. The molecular formula is C9H18N2O. The fourth-order valence-electron chi connectivity index (χ4n) is 1.51. The van der Waals surface area contributed by atoms with Crippen LogP contribution >= 0.6 is 0 Å². The molecule has 1 saturated heterocycles. The standard InChI is InChI=1S/C9H18N2O/c1-2-9(12)11-7-5-8-4-3-6-10-8/h8,10H,2-7H2,1H3,(H,11,12). The average Bonchev–Trinajstić information content (AvgIpc) is 2.57. The van der Waals surface area contributed by atoms with Crippen LogP contribution in [0.3, 0.4) is 0 Å². The summed E-state index contributed by atoms with van der Waals surface area (Å²) >= 11 is 0. The van der Waals surface area contributed by atoms with Crippen LogP contribution < -0.4 is 10.6 Å². The van der Waals surface area contributed by atoms with Gasteiger partial charge in [0.05, 0.1) is 0 Å². The molecule has 0 aromatic rings. The summed E-state index contributed by atoms with van der Waals surface area (Å²) in [6.07, 6.45) is 4.22. The fourth-order valence-corrected chi connectivity index (χ4v) is 1.51. The van der Waals surface area contributed by atoms with E-state index in [4.69, 9.17) is 0 Å². The predicted octanol–water partition coefficient (Wildman–Crippen LogP) is 0.655. The highest BCUT2D eigenvalue weighted by molar-refractivity contribution is 5.75. The Hall–Kier alpha value is -0.570. The van der Waals surface area contributed by atoms with E-state index in [1.807, 2.05) is 6.92 Å². The Kier molecular flexibility index (Phi) is 4.08. The van der Waals surface area contributed by atoms with Crippen LogP contribution in [0.1, 0.15) is 32.6 Å². The van der Waals surface area contributed by atoms with E-state index in [9.17, 15) is 4.79 Å². The van der Waals surface area contributed by atoms with E-state index >= 15 is 0 Å². The van der Waals surface area contributed by atoms with E-state index in [1.54, 1.807) is 0 Å². The van der Waals surface area contributed by atoms with Gasteiger partial charge < -0.3 is 10.6 Å². The van der Waals surface area contributed by atoms with Crippen molar-refractivity contribution in [1.29, 1.82) is 0 Å². The second-order valence-corrected chi connectivity index (χ2v) is 3.29. The summed E-state index contributed by atoms with van der Waals surface area (Å²) in [5.41, 5.74) is 0. The lowest BCUT2D eigenvalue weighted by atomic mass is 10.1. The molecule has 1 rings (SSSR count). The SMILES string of the molecule is CCC(=O)NCCC1CCCN1. The van der Waals surface area contributed by atoms with Crippen LogP contribution in [-0.2, 0) is 4.79 Å². The van der Waals surface area contributed by atoms with Crippen molar-refractivity contribution in [2.24, 2.45) is 0 Å². The highest BCUT2D eigenvalue weighted by Gasteiger charge is 2.12. The second-order valence-electron chi connectivity index (χ2n) is 3.29. The van der Waals surface area contributed by atoms with Crippen molar-refractivity contribution < 1.29 is 4.79 Å². The third-order valence-corrected chi connectivity index (χ3v) is 2.30. The van der Waals surface area contributed by atoms with Crippen molar-refractivity contribution in [2.75, 3.05) is 13.1 Å². The lowest BCUT2D eigenvalue weighted by Gasteiger charge is -2.09. The molecule has 0 aliphatic carbocycles. The number of nitrogens with one attached hydrogen (secondary N) is 2. The molecule has 12 heavy (non-hydrogen) atoms. The zero-order chi connectivity index (χ0) is 8.81. The molecule has 2 N–H and O–H groups in total. The van der Waals surface area contributed by atoms with Gasteiger partial charge >= 0.3 is 0 Å². The van der Waals surface area contributed by atoms with Crippen molar-refractivity contribution in [3.63, 3.8) is 0 Å². The van der Waals surface area contributed by atoms with Crippen molar-refractivity contribution in [3.05, 3.63) is 0 Å². The third kappa shape index (κ3) is 3.22. The van der Waals surface area contributed by atoms with Crippen LogP contribution in [0.4, 0.5) is 0 Å². The molecule has 1 fully saturated rings. The normalized spacial score (nSPS) is 22.6. The minimum absolute atomic E-state index is 0.160. The van der Waals surface area contributed by atoms with Crippen LogP contribution in [0.25, 0.3) is 0 Å². The van der Waals surface area contributed by atoms with Gasteiger partial charge in [-0.1, -0.05) is 6.92 Å². The van der Waals surface area contributed by atoms with Gasteiger partial charge in [0.25, 0.3) is 0 Å². The first-order valence-corrected chi connectivity index (χ1v) is 4.83. The minimum atomic E-state index is 0.160. The zero-order valence-electron chi connectivity index (χ0n) is 7.73. The molecule has 0 aromatic carbocycles. The number of rotatable bonds is 4. The molecule has 1 unspecified atom stereocenters. The number of carbonyl (C=O) groups excluding carboxylic acids is 1. The molecule has 1 aliphatic heterocycles. The summed E-state index contributed by atoms with van der Waals surface area (Å²) < 4.78 is 0. The molecule has 0 bridgehead atoms. The molecular weight excluding hydrogens is 152 g/mol. The van der Waals surface area contributed by atoms with Crippen LogP contribution in [0.2, 0.25) is 0 Å². The lowest BCUT2D eigenvalue weighted by molar-refractivity contribution is -0.120. The quantitative estimate of drug-likeness (QED) is 0.650. The Labute approximate surface area is 73.9 Å². The second kappa shape index (κ2) is 5.14. The Morgan fingerprint density at radius 1 is 1.67 bits per heavy atom. The Bertz CT molecular complexity index is 141. The van der Waals surface area contributed by atoms with Gasteiger partial charge in [-0.3, -0.25) is 4.79 Å². The summed E-state index contributed by atoms with van der Waals surface area (Å²) in [5, 5.41) is 6.28. The highest BCUT2D eigenvalue weighted by Crippen LogP contribution is 2.07. The first-order valence-electron chi connectivity index (χ1n) is 4.83. The first kappa shape index (κ1) is 9.52. The maximum Gasteiger partial charge on any atom is 0.219 e. The Morgan fingerprint density at radius 2 is 2.50 bits per heavy atom. The summed E-state index contributed by atoms with van der Waals surface area (Å²) in [6, 6.07) is 0.641. The summed E-state index contributed by atoms with van der Waals surface area (Å²) in [6.45, 7) is 3.85. The summed E-state index contributed by atoms with van der Waals surface area (Å²) in [7, 11) is 0. The zero-order valence-corrected chi connectivity index (χ0v) is 7.73. The van der Waals surface area contributed by atoms with Crippen molar-refractivity contribution in [3.8, 4) is 0 Å². The highest BCUT2D eigenvalue weighted by atomic mass is 16.1. The van der Waals surface area contributed by atoms with Gasteiger partial charge in [-0.25, -0.2) is 0 Å². The van der Waals surface area contributed by atoms with Crippen molar-refractivity contribution >= 4 is 5.91 Å². The van der Waals surface area contributed by atoms with E-state index < -0.39 is 0 Å². The maximum absolute atomic E-state index is 10.9. The Morgan fingerprint density at radius 3 is 3.08 bits per heavy atom. The predicted molar refractivity (Wildman–Crippen MR) is 48.9 cm³/mol. The molecule has 1 atom stereocenters. The number of amides is 1. The number of hydrogen-bond acceptors (Lipinski definition) is 2. The van der Waals surface area contributed by atoms with Crippen LogP contribution in [0.15, 0.2) is 0 Å². The molecule has 3 heteroatoms. The summed E-state index contributed by atoms with van der Waals surface area (Å²) in [4.78, 5) is 10.9. The minimum Gasteiger partial charge on any atom is -0.356 e. The van der Waals surface area contributed by atoms with Gasteiger partial charge in [-0.05, 0) is 25.8 Å². The van der Waals surface area contributed by atoms with Gasteiger partial charge in [-0.15, -0.1) is 0 Å². The van der Waals surface area contributed by atoms with E-state index in [0.29, 0.717) is 12.5 Å². The first-order chi connectivity index (χ1) is 5.83. The molecule has 0 aromatic heterocycles. The largest absolute Gasteiger partial charge is 0.356 e. The van der Waals surface area contributed by atoms with Crippen LogP contribution in [0, 0.1) is 0 Å². The van der Waals surface area contributed by atoms with E-state index in [-0.39, 0.29) is 5.91 Å². The molecule has 0 saturated carbocycles. The smallest absolute Gasteiger partial charge is 0.219 e. The van der Waals surface area contributed by atoms with E-state index in [2.05, 4.69) is 10.6 Å². The van der Waals surface area contributed by atoms with Gasteiger partial charge in [0.1, 0.15) is 0 Å². The molecule has 70 valence electrons. The van der Waals surface area contributed by atoms with Gasteiger partial charge in [0.2, 0.25) is 5.91 Å². The molecule has 0 spiro atoms. The van der Waals surface area contributed by atoms with E-state index in [1.165, 1.54) is 12.8 Å². The monoisotopic (exact) mass is 170 g/mol. The van der Waals surface area contributed by atoms with E-state index in [0.717, 1.165) is 19.5 Å².